The lowest BCUT2D eigenvalue weighted by molar-refractivity contribution is -0.187. The number of hydrogen-bond donors (Lipinski definition) is 1. The summed E-state index contributed by atoms with van der Waals surface area (Å²) in [5, 5.41) is 3.26. The van der Waals surface area contributed by atoms with Crippen molar-refractivity contribution in [2.24, 2.45) is 11.8 Å². The maximum atomic E-state index is 12.6. The molecule has 0 aromatic heterocycles. The van der Waals surface area contributed by atoms with Crippen LogP contribution in [0, 0.1) is 11.8 Å². The van der Waals surface area contributed by atoms with E-state index >= 15 is 0 Å². The van der Waals surface area contributed by atoms with E-state index in [0.29, 0.717) is 0 Å². The predicted octanol–water partition coefficient (Wildman–Crippen LogP) is 2.18. The van der Waals surface area contributed by atoms with Gasteiger partial charge in [0.05, 0.1) is 11.8 Å². The van der Waals surface area contributed by atoms with Crippen LogP contribution in [-0.2, 0) is 4.79 Å². The summed E-state index contributed by atoms with van der Waals surface area (Å²) in [6.07, 6.45) is -2.23. The average molecular weight is 278 g/mol. The van der Waals surface area contributed by atoms with Crippen LogP contribution < -0.4 is 5.32 Å². The second-order valence-electron chi connectivity index (χ2n) is 5.63. The van der Waals surface area contributed by atoms with Gasteiger partial charge < -0.3 is 10.2 Å². The van der Waals surface area contributed by atoms with E-state index in [1.165, 1.54) is 0 Å². The number of piperidine rings is 2. The quantitative estimate of drug-likeness (QED) is 0.797. The number of carbonyl (C=O) groups is 1. The summed E-state index contributed by atoms with van der Waals surface area (Å²) >= 11 is 0. The average Bonchev–Trinajstić information content (AvgIpc) is 2.38. The van der Waals surface area contributed by atoms with Gasteiger partial charge in [0.15, 0.2) is 0 Å². The fourth-order valence-electron chi connectivity index (χ4n) is 3.04. The summed E-state index contributed by atoms with van der Waals surface area (Å²) in [6.45, 7) is 3.38. The summed E-state index contributed by atoms with van der Waals surface area (Å²) in [5.41, 5.74) is 0. The van der Waals surface area contributed by atoms with Crippen LogP contribution >= 0.6 is 0 Å². The molecule has 2 atom stereocenters. The molecule has 3 nitrogen and oxygen atoms in total. The molecule has 0 spiro atoms. The van der Waals surface area contributed by atoms with Gasteiger partial charge in [0, 0.05) is 19.1 Å². The van der Waals surface area contributed by atoms with Crippen LogP contribution in [0.5, 0.6) is 0 Å². The molecular weight excluding hydrogens is 257 g/mol. The van der Waals surface area contributed by atoms with Crippen molar-refractivity contribution >= 4 is 5.91 Å². The second kappa shape index (κ2) is 5.69. The maximum Gasteiger partial charge on any atom is 0.391 e. The zero-order valence-electron chi connectivity index (χ0n) is 11.2. The number of hydrogen-bond acceptors (Lipinski definition) is 2. The molecule has 0 aliphatic carbocycles. The van der Waals surface area contributed by atoms with Gasteiger partial charge in [-0.05, 0) is 39.2 Å². The number of amides is 1. The fourth-order valence-corrected chi connectivity index (χ4v) is 3.04. The number of likely N-dealkylation sites (tertiary alicyclic amines) is 1. The highest BCUT2D eigenvalue weighted by Crippen LogP contribution is 2.34. The van der Waals surface area contributed by atoms with Crippen molar-refractivity contribution in [3.8, 4) is 0 Å². The lowest BCUT2D eigenvalue weighted by Crippen LogP contribution is -2.50. The minimum absolute atomic E-state index is 0.0281. The molecule has 2 aliphatic rings. The maximum absolute atomic E-state index is 12.6. The van der Waals surface area contributed by atoms with Crippen molar-refractivity contribution in [3.63, 3.8) is 0 Å². The number of nitrogens with one attached hydrogen (secondary N) is 1. The van der Waals surface area contributed by atoms with E-state index in [9.17, 15) is 18.0 Å². The van der Waals surface area contributed by atoms with Crippen LogP contribution in [0.2, 0.25) is 0 Å². The minimum Gasteiger partial charge on any atom is -0.342 e. The molecular formula is C13H21F3N2O. The highest BCUT2D eigenvalue weighted by Gasteiger charge is 2.42. The van der Waals surface area contributed by atoms with Crippen molar-refractivity contribution in [1.82, 2.24) is 10.2 Å². The largest absolute Gasteiger partial charge is 0.391 e. The third-order valence-corrected chi connectivity index (χ3v) is 4.35. The second-order valence-corrected chi connectivity index (χ2v) is 5.63. The van der Waals surface area contributed by atoms with Gasteiger partial charge in [-0.3, -0.25) is 4.79 Å². The molecule has 0 aromatic carbocycles. The number of nitrogens with zero attached hydrogens (tertiary/aromatic N) is 1. The van der Waals surface area contributed by atoms with Crippen molar-refractivity contribution in [3.05, 3.63) is 0 Å². The highest BCUT2D eigenvalue weighted by atomic mass is 19.4. The minimum atomic E-state index is -4.12. The number of carbonyl (C=O) groups excluding carboxylic acids is 1. The standard InChI is InChI=1S/C13H21F3N2O/c1-9-11(3-2-6-17-9)12(19)18-7-4-10(5-8-18)13(14,15)16/h9-11,17H,2-8H2,1H3. The van der Waals surface area contributed by atoms with Crippen LogP contribution in [0.4, 0.5) is 13.2 Å². The van der Waals surface area contributed by atoms with E-state index in [1.54, 1.807) is 4.90 Å². The Morgan fingerprint density at radius 2 is 1.84 bits per heavy atom. The third kappa shape index (κ3) is 3.41. The first-order chi connectivity index (χ1) is 8.89. The van der Waals surface area contributed by atoms with E-state index in [4.69, 9.17) is 0 Å². The first-order valence-electron chi connectivity index (χ1n) is 6.98. The molecule has 2 saturated heterocycles. The van der Waals surface area contributed by atoms with Crippen LogP contribution in [0.15, 0.2) is 0 Å². The molecule has 6 heteroatoms. The summed E-state index contributed by atoms with van der Waals surface area (Å²) in [7, 11) is 0. The zero-order chi connectivity index (χ0) is 14.0. The zero-order valence-corrected chi connectivity index (χ0v) is 11.2. The van der Waals surface area contributed by atoms with Crippen molar-refractivity contribution < 1.29 is 18.0 Å². The topological polar surface area (TPSA) is 32.3 Å². The number of alkyl halides is 3. The van der Waals surface area contributed by atoms with Crippen LogP contribution in [0.3, 0.4) is 0 Å². The molecule has 2 unspecified atom stereocenters. The van der Waals surface area contributed by atoms with E-state index < -0.39 is 12.1 Å². The number of halogens is 3. The van der Waals surface area contributed by atoms with Gasteiger partial charge in [-0.15, -0.1) is 0 Å². The normalized spacial score (nSPS) is 30.4. The van der Waals surface area contributed by atoms with Crippen LogP contribution in [-0.4, -0.2) is 42.7 Å². The fraction of sp³-hybridized carbons (Fsp3) is 0.923. The Balaban J connectivity index is 1.88. The Bertz CT molecular complexity index is 324. The van der Waals surface area contributed by atoms with Crippen molar-refractivity contribution in [1.29, 1.82) is 0 Å². The van der Waals surface area contributed by atoms with Gasteiger partial charge in [0.2, 0.25) is 5.91 Å². The van der Waals surface area contributed by atoms with E-state index in [2.05, 4.69) is 5.32 Å². The first-order valence-corrected chi connectivity index (χ1v) is 6.98. The van der Waals surface area contributed by atoms with Gasteiger partial charge in [-0.1, -0.05) is 0 Å². The molecule has 0 bridgehead atoms. The molecule has 1 amide bonds. The van der Waals surface area contributed by atoms with E-state index in [1.807, 2.05) is 6.92 Å². The highest BCUT2D eigenvalue weighted by molar-refractivity contribution is 5.79. The number of rotatable bonds is 1. The summed E-state index contributed by atoms with van der Waals surface area (Å²) < 4.78 is 37.7. The molecule has 0 radical (unpaired) electrons. The van der Waals surface area contributed by atoms with Crippen molar-refractivity contribution in [2.75, 3.05) is 19.6 Å². The lowest BCUT2D eigenvalue weighted by Gasteiger charge is -2.37. The van der Waals surface area contributed by atoms with Gasteiger partial charge in [0.1, 0.15) is 0 Å². The Morgan fingerprint density at radius 3 is 2.37 bits per heavy atom. The Labute approximate surface area is 111 Å². The molecule has 2 aliphatic heterocycles. The molecule has 110 valence electrons. The summed E-state index contributed by atoms with van der Waals surface area (Å²) in [4.78, 5) is 13.9. The predicted molar refractivity (Wildman–Crippen MR) is 65.5 cm³/mol. The Morgan fingerprint density at radius 1 is 1.21 bits per heavy atom. The van der Waals surface area contributed by atoms with Gasteiger partial charge in [0.25, 0.3) is 0 Å². The Kier molecular flexibility index (Phi) is 4.38. The van der Waals surface area contributed by atoms with Crippen LogP contribution in [0.1, 0.15) is 32.6 Å². The molecule has 19 heavy (non-hydrogen) atoms. The molecule has 2 rings (SSSR count). The smallest absolute Gasteiger partial charge is 0.342 e. The Hall–Kier alpha value is -0.780. The summed E-state index contributed by atoms with van der Waals surface area (Å²) in [6, 6.07) is 0.126. The SMILES string of the molecule is CC1NCCCC1C(=O)N1CCC(C(F)(F)F)CC1. The van der Waals surface area contributed by atoms with Crippen LogP contribution in [0.25, 0.3) is 0 Å². The van der Waals surface area contributed by atoms with E-state index in [-0.39, 0.29) is 43.8 Å². The van der Waals surface area contributed by atoms with Gasteiger partial charge in [-0.2, -0.15) is 13.2 Å². The van der Waals surface area contributed by atoms with E-state index in [0.717, 1.165) is 19.4 Å². The summed E-state index contributed by atoms with van der Waals surface area (Å²) in [5.74, 6) is -1.28. The molecule has 1 N–H and O–H groups in total. The molecule has 2 fully saturated rings. The molecule has 0 aromatic rings. The molecule has 2 heterocycles. The van der Waals surface area contributed by atoms with Gasteiger partial charge >= 0.3 is 6.18 Å². The third-order valence-electron chi connectivity index (χ3n) is 4.35. The lowest BCUT2D eigenvalue weighted by atomic mass is 9.89. The monoisotopic (exact) mass is 278 g/mol. The van der Waals surface area contributed by atoms with Gasteiger partial charge in [-0.25, -0.2) is 0 Å². The molecule has 0 saturated carbocycles. The first kappa shape index (κ1) is 14.6. The van der Waals surface area contributed by atoms with Crippen molar-refractivity contribution in [2.45, 2.75) is 44.8 Å².